The first kappa shape index (κ1) is 31.6. The molecular weight excluding hydrogens is 542 g/mol. The number of imidazole rings is 1. The van der Waals surface area contributed by atoms with Crippen molar-refractivity contribution in [2.75, 3.05) is 13.1 Å². The van der Waals surface area contributed by atoms with Crippen LogP contribution in [0.15, 0.2) is 30.9 Å². The molecule has 4 rings (SSSR count). The zero-order valence-electron chi connectivity index (χ0n) is 20.9. The first-order valence-electron chi connectivity index (χ1n) is 11.6. The lowest BCUT2D eigenvalue weighted by Crippen LogP contribution is -2.48. The SMILES string of the molecule is CC(=O)N1[C@H](Cn2cccn2)C[C@@H]2CN(Cc3nccn3C)CC[C@@H]21.O=C(O)C(F)(F)F.O=C(O)C(F)(F)F. The summed E-state index contributed by atoms with van der Waals surface area (Å²) in [5.41, 5.74) is 0. The van der Waals surface area contributed by atoms with E-state index in [9.17, 15) is 31.1 Å². The average molecular weight is 570 g/mol. The molecule has 39 heavy (non-hydrogen) atoms. The number of piperidine rings is 1. The van der Waals surface area contributed by atoms with Crippen LogP contribution in [0, 0.1) is 5.92 Å². The second kappa shape index (κ2) is 12.9. The van der Waals surface area contributed by atoms with Gasteiger partial charge in [0.2, 0.25) is 5.91 Å². The van der Waals surface area contributed by atoms with E-state index in [2.05, 4.69) is 24.4 Å². The van der Waals surface area contributed by atoms with Crippen molar-refractivity contribution in [2.45, 2.75) is 57.3 Å². The minimum atomic E-state index is -5.08. The maximum Gasteiger partial charge on any atom is 0.490 e. The number of fused-ring (bicyclic) bond motifs is 1. The van der Waals surface area contributed by atoms with Gasteiger partial charge in [0.25, 0.3) is 0 Å². The molecule has 17 heteroatoms. The van der Waals surface area contributed by atoms with E-state index in [-0.39, 0.29) is 11.9 Å². The van der Waals surface area contributed by atoms with Gasteiger partial charge in [0, 0.05) is 57.9 Å². The van der Waals surface area contributed by atoms with Gasteiger partial charge in [-0.1, -0.05) is 0 Å². The predicted molar refractivity (Wildman–Crippen MR) is 121 cm³/mol. The molecule has 0 aliphatic carbocycles. The molecule has 1 amide bonds. The number of carbonyl (C=O) groups is 3. The fourth-order valence-electron chi connectivity index (χ4n) is 4.60. The van der Waals surface area contributed by atoms with E-state index < -0.39 is 24.3 Å². The van der Waals surface area contributed by atoms with Crippen LogP contribution >= 0.6 is 0 Å². The van der Waals surface area contributed by atoms with Gasteiger partial charge in [-0.2, -0.15) is 31.4 Å². The lowest BCUT2D eigenvalue weighted by Gasteiger charge is -2.38. The van der Waals surface area contributed by atoms with Crippen LogP contribution in [0.4, 0.5) is 26.3 Å². The van der Waals surface area contributed by atoms with Crippen molar-refractivity contribution in [1.29, 1.82) is 0 Å². The monoisotopic (exact) mass is 570 g/mol. The summed E-state index contributed by atoms with van der Waals surface area (Å²) in [6, 6.07) is 2.56. The van der Waals surface area contributed by atoms with Crippen LogP contribution in [0.25, 0.3) is 0 Å². The number of amides is 1. The number of aromatic nitrogens is 4. The number of aliphatic carboxylic acids is 2. The van der Waals surface area contributed by atoms with E-state index in [0.717, 1.165) is 44.8 Å². The highest BCUT2D eigenvalue weighted by atomic mass is 19.4. The van der Waals surface area contributed by atoms with Crippen molar-refractivity contribution >= 4 is 17.8 Å². The zero-order chi connectivity index (χ0) is 29.5. The Labute approximate surface area is 218 Å². The van der Waals surface area contributed by atoms with E-state index in [0.29, 0.717) is 12.0 Å². The van der Waals surface area contributed by atoms with Gasteiger partial charge in [-0.05, 0) is 24.8 Å². The van der Waals surface area contributed by atoms with Crippen molar-refractivity contribution in [1.82, 2.24) is 29.1 Å². The van der Waals surface area contributed by atoms with Crippen molar-refractivity contribution in [3.05, 3.63) is 36.7 Å². The highest BCUT2D eigenvalue weighted by molar-refractivity contribution is 5.74. The number of carboxylic acid groups (broad SMARTS) is 2. The van der Waals surface area contributed by atoms with Crippen LogP contribution in [0.5, 0.6) is 0 Å². The third kappa shape index (κ3) is 9.26. The number of likely N-dealkylation sites (tertiary alicyclic amines) is 2. The molecule has 11 nitrogen and oxygen atoms in total. The minimum Gasteiger partial charge on any atom is -0.475 e. The summed E-state index contributed by atoms with van der Waals surface area (Å²) in [7, 11) is 2.04. The summed E-state index contributed by atoms with van der Waals surface area (Å²) >= 11 is 0. The van der Waals surface area contributed by atoms with Crippen LogP contribution < -0.4 is 0 Å². The number of nitrogens with zero attached hydrogens (tertiary/aromatic N) is 6. The standard InChI is InChI=1S/C18H26N6O.2C2HF3O2/c1-14(25)24-16(12-23-7-3-5-20-23)10-15-11-22(8-4-17(15)24)13-18-19-6-9-21(18)2;2*3-2(4,5)1(6)7/h3,5-7,9,15-17H,4,8,10-13H2,1-2H3;2*(H,6,7)/t15-,16+,17+;;/m1../s1. The molecule has 0 saturated carbocycles. The molecule has 0 bridgehead atoms. The van der Waals surface area contributed by atoms with Crippen molar-refractivity contribution < 1.29 is 50.9 Å². The zero-order valence-corrected chi connectivity index (χ0v) is 20.9. The Morgan fingerprint density at radius 1 is 1.03 bits per heavy atom. The first-order valence-corrected chi connectivity index (χ1v) is 11.6. The Morgan fingerprint density at radius 3 is 2.05 bits per heavy atom. The van der Waals surface area contributed by atoms with Gasteiger partial charge in [-0.25, -0.2) is 14.6 Å². The Bertz CT molecular complexity index is 1080. The molecule has 0 spiro atoms. The van der Waals surface area contributed by atoms with Gasteiger partial charge in [0.15, 0.2) is 0 Å². The largest absolute Gasteiger partial charge is 0.490 e. The number of carbonyl (C=O) groups excluding carboxylic acids is 1. The van der Waals surface area contributed by atoms with E-state index in [4.69, 9.17) is 19.8 Å². The van der Waals surface area contributed by atoms with Gasteiger partial charge < -0.3 is 19.7 Å². The molecule has 0 unspecified atom stereocenters. The maximum atomic E-state index is 12.3. The average Bonchev–Trinajstić information content (AvgIpc) is 3.54. The molecule has 2 N–H and O–H groups in total. The van der Waals surface area contributed by atoms with Gasteiger partial charge in [0.05, 0.1) is 19.1 Å². The smallest absolute Gasteiger partial charge is 0.475 e. The van der Waals surface area contributed by atoms with Crippen LogP contribution in [0.2, 0.25) is 0 Å². The fraction of sp³-hybridized carbons (Fsp3) is 0.591. The normalized spacial score (nSPS) is 21.2. The molecule has 218 valence electrons. The number of hydrogen-bond acceptors (Lipinski definition) is 6. The Kier molecular flexibility index (Phi) is 10.5. The lowest BCUT2D eigenvalue weighted by atomic mass is 9.92. The summed E-state index contributed by atoms with van der Waals surface area (Å²) in [4.78, 5) is 39.1. The summed E-state index contributed by atoms with van der Waals surface area (Å²) in [5.74, 6) is -3.67. The number of alkyl halides is 6. The van der Waals surface area contributed by atoms with Crippen LogP contribution in [0.1, 0.15) is 25.6 Å². The molecular formula is C22H28F6N6O5. The maximum absolute atomic E-state index is 12.3. The number of halogens is 6. The fourth-order valence-corrected chi connectivity index (χ4v) is 4.60. The van der Waals surface area contributed by atoms with Crippen molar-refractivity contribution in [2.24, 2.45) is 13.0 Å². The first-order chi connectivity index (χ1) is 18.0. The topological polar surface area (TPSA) is 134 Å². The van der Waals surface area contributed by atoms with Crippen molar-refractivity contribution in [3.8, 4) is 0 Å². The molecule has 2 aliphatic rings. The van der Waals surface area contributed by atoms with Gasteiger partial charge in [-0.3, -0.25) is 14.4 Å². The van der Waals surface area contributed by atoms with Gasteiger partial charge in [0.1, 0.15) is 5.82 Å². The summed E-state index contributed by atoms with van der Waals surface area (Å²) in [5, 5.41) is 18.6. The number of rotatable bonds is 4. The van der Waals surface area contributed by atoms with Crippen LogP contribution in [-0.4, -0.2) is 94.7 Å². The summed E-state index contributed by atoms with van der Waals surface area (Å²) in [6.07, 6.45) is -0.432. The molecule has 2 aromatic rings. The van der Waals surface area contributed by atoms with E-state index in [1.54, 1.807) is 13.1 Å². The molecule has 0 aromatic carbocycles. The van der Waals surface area contributed by atoms with E-state index in [1.165, 1.54) is 0 Å². The van der Waals surface area contributed by atoms with Crippen LogP contribution in [-0.2, 0) is 34.5 Å². The second-order valence-electron chi connectivity index (χ2n) is 8.96. The molecule has 0 radical (unpaired) electrons. The van der Waals surface area contributed by atoms with Gasteiger partial charge >= 0.3 is 24.3 Å². The summed E-state index contributed by atoms with van der Waals surface area (Å²) < 4.78 is 67.5. The number of carboxylic acids is 2. The quantitative estimate of drug-likeness (QED) is 0.536. The predicted octanol–water partition coefficient (Wildman–Crippen LogP) is 2.39. The van der Waals surface area contributed by atoms with E-state index in [1.807, 2.05) is 36.4 Å². The molecule has 2 aliphatic heterocycles. The Hall–Kier alpha value is -3.63. The highest BCUT2D eigenvalue weighted by Gasteiger charge is 2.45. The van der Waals surface area contributed by atoms with Crippen LogP contribution in [0.3, 0.4) is 0 Å². The van der Waals surface area contributed by atoms with Gasteiger partial charge in [-0.15, -0.1) is 0 Å². The molecule has 2 aromatic heterocycles. The Morgan fingerprint density at radius 2 is 1.62 bits per heavy atom. The van der Waals surface area contributed by atoms with E-state index >= 15 is 0 Å². The molecule has 2 saturated heterocycles. The third-order valence-electron chi connectivity index (χ3n) is 6.20. The summed E-state index contributed by atoms with van der Waals surface area (Å²) in [6.45, 7) is 5.44. The van der Waals surface area contributed by atoms with Crippen molar-refractivity contribution in [3.63, 3.8) is 0 Å². The lowest BCUT2D eigenvalue weighted by molar-refractivity contribution is -0.193. The molecule has 3 atom stereocenters. The molecule has 4 heterocycles. The Balaban J connectivity index is 0.000000317. The molecule has 2 fully saturated rings. The second-order valence-corrected chi connectivity index (χ2v) is 8.96. The third-order valence-corrected chi connectivity index (χ3v) is 6.20. The number of aryl methyl sites for hydroxylation is 1. The number of hydrogen-bond donors (Lipinski definition) is 2. The highest BCUT2D eigenvalue weighted by Crippen LogP contribution is 2.36. The minimum absolute atomic E-state index is 0.196.